The first-order valence-corrected chi connectivity index (χ1v) is 12.8. The SMILES string of the molecule is CO[C@@H]1[C@@H](n2cc(-c3ccc(Cl)c(F)c3F)nn2)[C@@H](O)[C@@H](CO)O[C@@H]1Cc1cn([C@@H]2CCCC[C@H]2F)nn1. The smallest absolute Gasteiger partial charge is 0.178 e. The molecule has 14 heteroatoms. The van der Waals surface area contributed by atoms with E-state index in [0.29, 0.717) is 18.5 Å². The van der Waals surface area contributed by atoms with Crippen LogP contribution in [0.15, 0.2) is 24.5 Å². The fourth-order valence-corrected chi connectivity index (χ4v) is 5.48. The largest absolute Gasteiger partial charge is 0.394 e. The summed E-state index contributed by atoms with van der Waals surface area (Å²) in [6.07, 6.45) is 1.38. The monoisotopic (exact) mass is 556 g/mol. The zero-order chi connectivity index (χ0) is 27.0. The number of benzene rings is 1. The van der Waals surface area contributed by atoms with E-state index < -0.39 is 54.9 Å². The number of rotatable bonds is 7. The highest BCUT2D eigenvalue weighted by molar-refractivity contribution is 6.30. The second-order valence-electron chi connectivity index (χ2n) is 9.65. The summed E-state index contributed by atoms with van der Waals surface area (Å²) in [7, 11) is 1.43. The van der Waals surface area contributed by atoms with Crippen molar-refractivity contribution < 1.29 is 32.9 Å². The first kappa shape index (κ1) is 27.0. The Kier molecular flexibility index (Phi) is 8.00. The Morgan fingerprint density at radius 3 is 2.58 bits per heavy atom. The lowest BCUT2D eigenvalue weighted by atomic mass is 9.90. The molecule has 0 radical (unpaired) electrons. The van der Waals surface area contributed by atoms with E-state index in [2.05, 4.69) is 20.6 Å². The summed E-state index contributed by atoms with van der Waals surface area (Å²) in [5.74, 6) is -2.39. The number of alkyl halides is 1. The van der Waals surface area contributed by atoms with Gasteiger partial charge in [-0.05, 0) is 25.0 Å². The molecule has 0 amide bonds. The number of aliphatic hydroxyl groups excluding tert-OH is 2. The lowest BCUT2D eigenvalue weighted by molar-refractivity contribution is -0.212. The van der Waals surface area contributed by atoms with Crippen molar-refractivity contribution in [1.29, 1.82) is 0 Å². The Balaban J connectivity index is 1.41. The molecule has 2 aliphatic rings. The maximum absolute atomic E-state index is 14.5. The zero-order valence-corrected chi connectivity index (χ0v) is 21.3. The van der Waals surface area contributed by atoms with Gasteiger partial charge in [0.05, 0.1) is 35.7 Å². The van der Waals surface area contributed by atoms with E-state index in [4.69, 9.17) is 21.1 Å². The van der Waals surface area contributed by atoms with Crippen molar-refractivity contribution in [3.05, 3.63) is 46.9 Å². The Bertz CT molecular complexity index is 1260. The number of aromatic nitrogens is 6. The van der Waals surface area contributed by atoms with E-state index in [1.807, 2.05) is 0 Å². The van der Waals surface area contributed by atoms with Crippen LogP contribution in [0.25, 0.3) is 11.3 Å². The summed E-state index contributed by atoms with van der Waals surface area (Å²) in [6.45, 7) is -0.499. The fraction of sp³-hybridized carbons (Fsp3) is 0.583. The van der Waals surface area contributed by atoms with Crippen molar-refractivity contribution in [3.8, 4) is 11.3 Å². The average Bonchev–Trinajstić information content (AvgIpc) is 3.58. The molecule has 7 atom stereocenters. The highest BCUT2D eigenvalue weighted by atomic mass is 35.5. The first-order valence-electron chi connectivity index (χ1n) is 12.4. The molecule has 5 rings (SSSR count). The molecule has 1 saturated heterocycles. The predicted octanol–water partition coefficient (Wildman–Crippen LogP) is 2.84. The molecule has 2 N–H and O–H groups in total. The Labute approximate surface area is 221 Å². The fourth-order valence-electron chi connectivity index (χ4n) is 5.34. The van der Waals surface area contributed by atoms with Gasteiger partial charge in [0.15, 0.2) is 11.6 Å². The highest BCUT2D eigenvalue weighted by Crippen LogP contribution is 2.35. The third-order valence-corrected chi connectivity index (χ3v) is 7.61. The van der Waals surface area contributed by atoms with Gasteiger partial charge < -0.3 is 19.7 Å². The molecule has 1 aliphatic heterocycles. The van der Waals surface area contributed by atoms with Gasteiger partial charge in [0, 0.05) is 25.3 Å². The summed E-state index contributed by atoms with van der Waals surface area (Å²) >= 11 is 5.65. The van der Waals surface area contributed by atoms with E-state index in [1.165, 1.54) is 30.1 Å². The quantitative estimate of drug-likeness (QED) is 0.426. The number of halogens is 4. The Morgan fingerprint density at radius 2 is 1.84 bits per heavy atom. The molecule has 2 aromatic heterocycles. The second kappa shape index (κ2) is 11.3. The molecule has 2 fully saturated rings. The van der Waals surface area contributed by atoms with Crippen LogP contribution < -0.4 is 0 Å². The van der Waals surface area contributed by atoms with E-state index in [9.17, 15) is 23.4 Å². The molecule has 1 aromatic carbocycles. The van der Waals surface area contributed by atoms with Crippen LogP contribution in [-0.2, 0) is 15.9 Å². The first-order chi connectivity index (χ1) is 18.3. The molecule has 3 aromatic rings. The van der Waals surface area contributed by atoms with Crippen molar-refractivity contribution in [3.63, 3.8) is 0 Å². The summed E-state index contributed by atoms with van der Waals surface area (Å²) in [4.78, 5) is 0. The van der Waals surface area contributed by atoms with Crippen molar-refractivity contribution >= 4 is 11.6 Å². The molecule has 10 nitrogen and oxygen atoms in total. The van der Waals surface area contributed by atoms with Crippen LogP contribution in [0.2, 0.25) is 5.02 Å². The maximum Gasteiger partial charge on any atom is 0.178 e. The standard InChI is InChI=1S/C24H28ClF3N6O4/c1-37-24-18(8-12-9-33(31-29-12)17-5-3-2-4-15(17)26)38-19(11-35)23(36)22(24)34-10-16(30-32-34)13-6-7-14(25)21(28)20(13)27/h6-7,9-10,15,17-19,22-24,35-36H,2-5,8,11H2,1H3/t15-,17-,18-,19-,22+,23+,24+/m1/s1. The van der Waals surface area contributed by atoms with Crippen molar-refractivity contribution in [2.45, 2.75) is 74.8 Å². The third kappa shape index (κ3) is 5.05. The number of aliphatic hydroxyl groups is 2. The average molecular weight is 557 g/mol. The Hall–Kier alpha value is -2.58. The molecule has 1 aliphatic carbocycles. The summed E-state index contributed by atoms with van der Waals surface area (Å²) in [6, 6.07) is 1.21. The van der Waals surface area contributed by atoms with E-state index in [0.717, 1.165) is 12.8 Å². The number of ether oxygens (including phenoxy) is 2. The van der Waals surface area contributed by atoms with Gasteiger partial charge in [-0.3, -0.25) is 0 Å². The summed E-state index contributed by atoms with van der Waals surface area (Å²) in [5, 5.41) is 36.8. The van der Waals surface area contributed by atoms with Crippen LogP contribution in [0.5, 0.6) is 0 Å². The predicted molar refractivity (Wildman–Crippen MR) is 128 cm³/mol. The molecule has 0 bridgehead atoms. The van der Waals surface area contributed by atoms with Crippen LogP contribution in [0.4, 0.5) is 13.2 Å². The second-order valence-corrected chi connectivity index (χ2v) is 10.1. The van der Waals surface area contributed by atoms with Crippen molar-refractivity contribution in [2.75, 3.05) is 13.7 Å². The highest BCUT2D eigenvalue weighted by Gasteiger charge is 2.47. The molecular weight excluding hydrogens is 529 g/mol. The van der Waals surface area contributed by atoms with Gasteiger partial charge in [-0.15, -0.1) is 10.2 Å². The normalized spacial score (nSPS) is 30.0. The minimum Gasteiger partial charge on any atom is -0.394 e. The van der Waals surface area contributed by atoms with Crippen LogP contribution in [0.3, 0.4) is 0 Å². The molecule has 0 unspecified atom stereocenters. The lowest BCUT2D eigenvalue weighted by Gasteiger charge is -2.43. The third-order valence-electron chi connectivity index (χ3n) is 7.32. The Morgan fingerprint density at radius 1 is 1.08 bits per heavy atom. The molecule has 206 valence electrons. The number of hydrogen-bond donors (Lipinski definition) is 2. The van der Waals surface area contributed by atoms with Crippen LogP contribution in [0.1, 0.15) is 43.5 Å². The minimum absolute atomic E-state index is 0.0138. The minimum atomic E-state index is -1.27. The molecule has 3 heterocycles. The van der Waals surface area contributed by atoms with E-state index >= 15 is 0 Å². The van der Waals surface area contributed by atoms with Gasteiger partial charge in [0.25, 0.3) is 0 Å². The van der Waals surface area contributed by atoms with Crippen LogP contribution >= 0.6 is 11.6 Å². The van der Waals surface area contributed by atoms with E-state index in [-0.39, 0.29) is 28.7 Å². The molecular formula is C24H28ClF3N6O4. The van der Waals surface area contributed by atoms with Crippen LogP contribution in [-0.4, -0.2) is 84.5 Å². The van der Waals surface area contributed by atoms with Crippen molar-refractivity contribution in [1.82, 2.24) is 30.0 Å². The topological polar surface area (TPSA) is 120 Å². The maximum atomic E-state index is 14.5. The van der Waals surface area contributed by atoms with Gasteiger partial charge in [-0.1, -0.05) is 34.9 Å². The number of nitrogens with zero attached hydrogens (tertiary/aromatic N) is 6. The van der Waals surface area contributed by atoms with Gasteiger partial charge in [0.2, 0.25) is 0 Å². The van der Waals surface area contributed by atoms with Gasteiger partial charge in [-0.25, -0.2) is 22.5 Å². The van der Waals surface area contributed by atoms with Gasteiger partial charge in [0.1, 0.15) is 36.2 Å². The number of hydrogen-bond acceptors (Lipinski definition) is 8. The lowest BCUT2D eigenvalue weighted by Crippen LogP contribution is -2.57. The van der Waals surface area contributed by atoms with Crippen molar-refractivity contribution in [2.24, 2.45) is 0 Å². The van der Waals surface area contributed by atoms with Gasteiger partial charge >= 0.3 is 0 Å². The molecule has 1 saturated carbocycles. The van der Waals surface area contributed by atoms with E-state index in [1.54, 1.807) is 10.9 Å². The molecule has 38 heavy (non-hydrogen) atoms. The molecule has 0 spiro atoms. The summed E-state index contributed by atoms with van der Waals surface area (Å²) in [5.41, 5.74) is 0.383. The number of methoxy groups -OCH3 is 1. The summed E-state index contributed by atoms with van der Waals surface area (Å²) < 4.78 is 57.4. The van der Waals surface area contributed by atoms with Crippen LogP contribution in [0, 0.1) is 11.6 Å². The zero-order valence-electron chi connectivity index (χ0n) is 20.5. The van der Waals surface area contributed by atoms with Gasteiger partial charge in [-0.2, -0.15) is 0 Å².